The lowest BCUT2D eigenvalue weighted by molar-refractivity contribution is 1.04. The van der Waals surface area contributed by atoms with Crippen LogP contribution in [0.4, 0.5) is 0 Å². The molecular formula is C25H36. The van der Waals surface area contributed by atoms with Gasteiger partial charge in [-0.25, -0.2) is 0 Å². The van der Waals surface area contributed by atoms with Gasteiger partial charge in [0.15, 0.2) is 0 Å². The molecule has 0 bridgehead atoms. The topological polar surface area (TPSA) is 0 Å². The maximum atomic E-state index is 2.32. The Balaban J connectivity index is 0.000000728. The van der Waals surface area contributed by atoms with Gasteiger partial charge in [-0.15, -0.1) is 0 Å². The van der Waals surface area contributed by atoms with Gasteiger partial charge in [0, 0.05) is 0 Å². The third kappa shape index (κ3) is 8.54. The van der Waals surface area contributed by atoms with Gasteiger partial charge in [-0.3, -0.25) is 0 Å². The number of rotatable bonds is 2. The summed E-state index contributed by atoms with van der Waals surface area (Å²) in [5, 5.41) is 0. The summed E-state index contributed by atoms with van der Waals surface area (Å²) in [6.45, 7) is 12.2. The van der Waals surface area contributed by atoms with Crippen molar-refractivity contribution in [2.24, 2.45) is 0 Å². The Morgan fingerprint density at radius 2 is 1.24 bits per heavy atom. The van der Waals surface area contributed by atoms with Crippen LogP contribution < -0.4 is 0 Å². The third-order valence-corrected chi connectivity index (χ3v) is 3.30. The van der Waals surface area contributed by atoms with Crippen molar-refractivity contribution in [3.8, 4) is 11.1 Å². The smallest absolute Gasteiger partial charge is 0.0178 e. The molecule has 25 heavy (non-hydrogen) atoms. The largest absolute Gasteiger partial charge is 0.0836 e. The van der Waals surface area contributed by atoms with E-state index >= 15 is 0 Å². The lowest BCUT2D eigenvalue weighted by Crippen LogP contribution is -1.87. The predicted molar refractivity (Wildman–Crippen MR) is 117 cm³/mol. The highest BCUT2D eigenvalue weighted by Gasteiger charge is 2.03. The average Bonchev–Trinajstić information content (AvgIpc) is 2.73. The number of allylic oxidation sites excluding steroid dienone is 4. The van der Waals surface area contributed by atoms with E-state index in [-0.39, 0.29) is 0 Å². The Morgan fingerprint density at radius 1 is 0.680 bits per heavy atom. The summed E-state index contributed by atoms with van der Waals surface area (Å²) < 4.78 is 0. The van der Waals surface area contributed by atoms with Gasteiger partial charge in [-0.05, 0) is 41.2 Å². The highest BCUT2D eigenvalue weighted by molar-refractivity contribution is 5.78. The second-order valence-corrected chi connectivity index (χ2v) is 5.29. The molecular weight excluding hydrogens is 300 g/mol. The minimum absolute atomic E-state index is 1.15. The van der Waals surface area contributed by atoms with Crippen LogP contribution in [-0.2, 0) is 0 Å². The van der Waals surface area contributed by atoms with Crippen LogP contribution in [0.25, 0.3) is 16.7 Å². The third-order valence-electron chi connectivity index (χ3n) is 3.30. The fourth-order valence-corrected chi connectivity index (χ4v) is 2.34. The van der Waals surface area contributed by atoms with Gasteiger partial charge in [0.1, 0.15) is 0 Å². The highest BCUT2D eigenvalue weighted by Crippen LogP contribution is 2.26. The normalized spacial score (nSPS) is 11.5. The minimum atomic E-state index is 1.15. The summed E-state index contributed by atoms with van der Waals surface area (Å²) in [5.41, 5.74) is 5.22. The van der Waals surface area contributed by atoms with Crippen molar-refractivity contribution in [1.82, 2.24) is 0 Å². The van der Waals surface area contributed by atoms with Crippen LogP contribution in [0, 0.1) is 0 Å². The van der Waals surface area contributed by atoms with E-state index in [2.05, 4.69) is 86.7 Å². The summed E-state index contributed by atoms with van der Waals surface area (Å²) >= 11 is 0. The summed E-state index contributed by atoms with van der Waals surface area (Å²) in [4.78, 5) is 0. The first-order valence-electron chi connectivity index (χ1n) is 9.87. The Bertz CT molecular complexity index is 603. The molecule has 0 fully saturated rings. The Labute approximate surface area is 156 Å². The van der Waals surface area contributed by atoms with Crippen LogP contribution in [-0.4, -0.2) is 0 Å². The fourth-order valence-electron chi connectivity index (χ4n) is 2.34. The standard InChI is InChI=1S/C18H16.C3H8.2C2H6/c1-3-8-15(9-4-1)17-12-7-13-18(14-17)16-10-5-2-6-11-16;1-3-2;2*1-2/h1,3-5,7-14H,2,6H2;3H2,1-2H3;2*1-2H3. The van der Waals surface area contributed by atoms with Crippen molar-refractivity contribution >= 4 is 5.57 Å². The molecule has 2 aromatic carbocycles. The molecule has 0 saturated heterocycles. The van der Waals surface area contributed by atoms with Crippen LogP contribution in [0.3, 0.4) is 0 Å². The van der Waals surface area contributed by atoms with Crippen molar-refractivity contribution in [3.63, 3.8) is 0 Å². The molecule has 2 aromatic rings. The van der Waals surface area contributed by atoms with Gasteiger partial charge >= 0.3 is 0 Å². The van der Waals surface area contributed by atoms with E-state index in [4.69, 9.17) is 0 Å². The van der Waals surface area contributed by atoms with Crippen molar-refractivity contribution in [2.75, 3.05) is 0 Å². The van der Waals surface area contributed by atoms with Crippen LogP contribution in [0.1, 0.15) is 66.4 Å². The first kappa shape index (κ1) is 22.9. The molecule has 0 aliphatic heterocycles. The molecule has 0 aromatic heterocycles. The zero-order valence-corrected chi connectivity index (χ0v) is 17.0. The molecule has 0 unspecified atom stereocenters. The van der Waals surface area contributed by atoms with Gasteiger partial charge in [0.05, 0.1) is 0 Å². The molecule has 1 aliphatic rings. The van der Waals surface area contributed by atoms with Gasteiger partial charge in [-0.2, -0.15) is 0 Å². The van der Waals surface area contributed by atoms with Crippen molar-refractivity contribution in [3.05, 3.63) is 78.4 Å². The Morgan fingerprint density at radius 3 is 1.80 bits per heavy atom. The SMILES string of the molecule is C1=CC(c2cccc(-c3ccccc3)c2)=CCC1.CC.CC.CCC. The molecule has 0 nitrogen and oxygen atoms in total. The number of benzene rings is 2. The molecule has 0 radical (unpaired) electrons. The lowest BCUT2D eigenvalue weighted by atomic mass is 9.96. The predicted octanol–water partition coefficient (Wildman–Crippen LogP) is 8.56. The van der Waals surface area contributed by atoms with Crippen LogP contribution in [0.5, 0.6) is 0 Å². The molecule has 0 spiro atoms. The van der Waals surface area contributed by atoms with Crippen LogP contribution >= 0.6 is 0 Å². The molecule has 136 valence electrons. The van der Waals surface area contributed by atoms with Gasteiger partial charge in [0.2, 0.25) is 0 Å². The van der Waals surface area contributed by atoms with E-state index in [0.29, 0.717) is 0 Å². The van der Waals surface area contributed by atoms with Crippen LogP contribution in [0.2, 0.25) is 0 Å². The van der Waals surface area contributed by atoms with E-state index in [9.17, 15) is 0 Å². The maximum Gasteiger partial charge on any atom is -0.0178 e. The van der Waals surface area contributed by atoms with Crippen molar-refractivity contribution in [1.29, 1.82) is 0 Å². The fraction of sp³-hybridized carbons (Fsp3) is 0.360. The monoisotopic (exact) mass is 336 g/mol. The summed E-state index contributed by atoms with van der Waals surface area (Å²) in [6.07, 6.45) is 10.4. The zero-order valence-electron chi connectivity index (χ0n) is 17.0. The molecule has 0 atom stereocenters. The highest BCUT2D eigenvalue weighted by atomic mass is 14.1. The molecule has 3 rings (SSSR count). The van der Waals surface area contributed by atoms with E-state index in [1.165, 1.54) is 35.1 Å². The summed E-state index contributed by atoms with van der Waals surface area (Å²) in [5.74, 6) is 0. The molecule has 1 aliphatic carbocycles. The molecule has 0 saturated carbocycles. The van der Waals surface area contributed by atoms with Gasteiger partial charge < -0.3 is 0 Å². The van der Waals surface area contributed by atoms with Crippen molar-refractivity contribution < 1.29 is 0 Å². The first-order valence-corrected chi connectivity index (χ1v) is 9.87. The maximum absolute atomic E-state index is 2.32. The zero-order chi connectivity index (χ0) is 18.9. The molecule has 0 amide bonds. The minimum Gasteiger partial charge on any atom is -0.0836 e. The Kier molecular flexibility index (Phi) is 14.2. The molecule has 0 N–H and O–H groups in total. The summed E-state index contributed by atoms with van der Waals surface area (Å²) in [6, 6.07) is 19.3. The average molecular weight is 337 g/mol. The molecule has 0 heterocycles. The van der Waals surface area contributed by atoms with Gasteiger partial charge in [0.25, 0.3) is 0 Å². The number of hydrogen-bond donors (Lipinski definition) is 0. The number of hydrogen-bond acceptors (Lipinski definition) is 0. The summed E-state index contributed by atoms with van der Waals surface area (Å²) in [7, 11) is 0. The van der Waals surface area contributed by atoms with E-state index in [0.717, 1.165) is 6.42 Å². The second-order valence-electron chi connectivity index (χ2n) is 5.29. The first-order chi connectivity index (χ1) is 12.3. The Hall–Kier alpha value is -2.08. The lowest BCUT2D eigenvalue weighted by Gasteiger charge is -2.09. The van der Waals surface area contributed by atoms with E-state index in [1.54, 1.807) is 0 Å². The van der Waals surface area contributed by atoms with E-state index in [1.807, 2.05) is 27.7 Å². The van der Waals surface area contributed by atoms with Crippen molar-refractivity contribution in [2.45, 2.75) is 60.8 Å². The van der Waals surface area contributed by atoms with E-state index < -0.39 is 0 Å². The quantitative estimate of drug-likeness (QED) is 0.515. The van der Waals surface area contributed by atoms with Crippen LogP contribution in [0.15, 0.2) is 72.8 Å². The van der Waals surface area contributed by atoms with Gasteiger partial charge in [-0.1, -0.05) is 115 Å². The molecule has 0 heteroatoms. The second kappa shape index (κ2) is 15.4.